The van der Waals surface area contributed by atoms with Crippen molar-refractivity contribution in [1.82, 2.24) is 4.57 Å². The number of ketones is 1. The fourth-order valence-electron chi connectivity index (χ4n) is 2.60. The Hall–Kier alpha value is -1.58. The molecule has 0 unspecified atom stereocenters. The van der Waals surface area contributed by atoms with E-state index in [1.54, 1.807) is 14.0 Å². The van der Waals surface area contributed by atoms with Crippen LogP contribution in [0, 0.1) is 12.8 Å². The van der Waals surface area contributed by atoms with Gasteiger partial charge in [-0.25, -0.2) is 0 Å². The first-order chi connectivity index (χ1) is 8.52. The highest BCUT2D eigenvalue weighted by atomic mass is 16.3. The van der Waals surface area contributed by atoms with Crippen LogP contribution in [0.2, 0.25) is 0 Å². The van der Waals surface area contributed by atoms with Crippen molar-refractivity contribution >= 4 is 5.78 Å². The van der Waals surface area contributed by atoms with E-state index >= 15 is 0 Å². The Morgan fingerprint density at radius 2 is 1.94 bits per heavy atom. The maximum Gasteiger partial charge on any atom is 0.265 e. The number of hydrogen-bond donors (Lipinski definition) is 1. The average Bonchev–Trinajstić information content (AvgIpc) is 2.37. The molecule has 1 aliphatic carbocycles. The number of carbonyl (C=O) groups excluding carboxylic acids is 1. The van der Waals surface area contributed by atoms with Crippen LogP contribution in [0.5, 0.6) is 5.75 Å². The number of aromatic hydroxyl groups is 1. The molecule has 98 valence electrons. The summed E-state index contributed by atoms with van der Waals surface area (Å²) in [5.74, 6) is -0.459. The maximum absolute atomic E-state index is 12.3. The van der Waals surface area contributed by atoms with Crippen molar-refractivity contribution in [2.45, 2.75) is 39.0 Å². The normalized spacial score (nSPS) is 16.8. The molecule has 0 aromatic carbocycles. The molecule has 0 atom stereocenters. The highest BCUT2D eigenvalue weighted by Crippen LogP contribution is 2.28. The van der Waals surface area contributed by atoms with Crippen LogP contribution in [-0.4, -0.2) is 15.5 Å². The summed E-state index contributed by atoms with van der Waals surface area (Å²) >= 11 is 0. The number of Topliss-reactive ketones (excluding diaryl/α,β-unsaturated/α-hetero) is 1. The Balaban J connectivity index is 2.41. The average molecular weight is 249 g/mol. The summed E-state index contributed by atoms with van der Waals surface area (Å²) in [6.07, 6.45) is 4.87. The van der Waals surface area contributed by atoms with Crippen LogP contribution in [0.25, 0.3) is 0 Å². The lowest BCUT2D eigenvalue weighted by molar-refractivity contribution is 0.0884. The van der Waals surface area contributed by atoms with Crippen molar-refractivity contribution in [3.05, 3.63) is 27.7 Å². The second-order valence-electron chi connectivity index (χ2n) is 5.11. The van der Waals surface area contributed by atoms with Gasteiger partial charge in [0, 0.05) is 24.7 Å². The maximum atomic E-state index is 12.3. The largest absolute Gasteiger partial charge is 0.507 e. The summed E-state index contributed by atoms with van der Waals surface area (Å²) < 4.78 is 1.41. The number of aromatic nitrogens is 1. The minimum Gasteiger partial charge on any atom is -0.507 e. The first-order valence-electron chi connectivity index (χ1n) is 6.46. The van der Waals surface area contributed by atoms with Gasteiger partial charge in [-0.2, -0.15) is 0 Å². The number of hydrogen-bond acceptors (Lipinski definition) is 3. The highest BCUT2D eigenvalue weighted by Gasteiger charge is 2.27. The molecule has 0 saturated heterocycles. The molecule has 0 radical (unpaired) electrons. The zero-order valence-electron chi connectivity index (χ0n) is 10.9. The topological polar surface area (TPSA) is 59.3 Å². The van der Waals surface area contributed by atoms with E-state index in [1.165, 1.54) is 10.6 Å². The molecular weight excluding hydrogens is 230 g/mol. The number of carbonyl (C=O) groups is 1. The Bertz CT molecular complexity index is 525. The van der Waals surface area contributed by atoms with Gasteiger partial charge in [0.2, 0.25) is 0 Å². The van der Waals surface area contributed by atoms with Crippen molar-refractivity contribution in [2.24, 2.45) is 13.0 Å². The van der Waals surface area contributed by atoms with Crippen LogP contribution in [0.15, 0.2) is 10.9 Å². The zero-order chi connectivity index (χ0) is 13.3. The molecule has 4 nitrogen and oxygen atoms in total. The van der Waals surface area contributed by atoms with Crippen LogP contribution in [0.3, 0.4) is 0 Å². The molecule has 0 spiro atoms. The summed E-state index contributed by atoms with van der Waals surface area (Å²) in [5.41, 5.74) is 0.232. The van der Waals surface area contributed by atoms with Crippen LogP contribution in [-0.2, 0) is 7.05 Å². The van der Waals surface area contributed by atoms with Gasteiger partial charge in [0.25, 0.3) is 5.56 Å². The van der Waals surface area contributed by atoms with Crippen molar-refractivity contribution in [3.63, 3.8) is 0 Å². The second kappa shape index (κ2) is 4.96. The molecule has 0 aliphatic heterocycles. The zero-order valence-corrected chi connectivity index (χ0v) is 10.9. The number of rotatable bonds is 2. The van der Waals surface area contributed by atoms with Gasteiger partial charge in [0.15, 0.2) is 5.78 Å². The smallest absolute Gasteiger partial charge is 0.265 e. The lowest BCUT2D eigenvalue weighted by Gasteiger charge is -2.20. The molecule has 0 amide bonds. The molecule has 4 heteroatoms. The van der Waals surface area contributed by atoms with E-state index in [2.05, 4.69) is 0 Å². The SMILES string of the molecule is Cc1cc(O)c(C(=O)C2CCCCC2)c(=O)n1C. The third kappa shape index (κ3) is 2.19. The predicted molar refractivity (Wildman–Crippen MR) is 69.0 cm³/mol. The van der Waals surface area contributed by atoms with Crippen LogP contribution in [0.4, 0.5) is 0 Å². The lowest BCUT2D eigenvalue weighted by Crippen LogP contribution is -2.29. The molecule has 1 saturated carbocycles. The molecule has 2 rings (SSSR count). The first kappa shape index (κ1) is 12.9. The Morgan fingerprint density at radius 3 is 2.56 bits per heavy atom. The van der Waals surface area contributed by atoms with Gasteiger partial charge in [-0.3, -0.25) is 9.59 Å². The second-order valence-corrected chi connectivity index (χ2v) is 5.11. The van der Waals surface area contributed by atoms with Crippen molar-refractivity contribution in [2.75, 3.05) is 0 Å². The van der Waals surface area contributed by atoms with E-state index in [9.17, 15) is 14.7 Å². The molecule has 1 N–H and O–H groups in total. The van der Waals surface area contributed by atoms with Gasteiger partial charge in [0.1, 0.15) is 11.3 Å². The van der Waals surface area contributed by atoms with Gasteiger partial charge in [-0.15, -0.1) is 0 Å². The first-order valence-corrected chi connectivity index (χ1v) is 6.46. The van der Waals surface area contributed by atoms with E-state index < -0.39 is 0 Å². The monoisotopic (exact) mass is 249 g/mol. The minimum absolute atomic E-state index is 0.0324. The fourth-order valence-corrected chi connectivity index (χ4v) is 2.60. The molecule has 1 heterocycles. The van der Waals surface area contributed by atoms with E-state index in [-0.39, 0.29) is 28.6 Å². The summed E-state index contributed by atoms with van der Waals surface area (Å²) in [4.78, 5) is 24.4. The predicted octanol–water partition coefficient (Wildman–Crippen LogP) is 2.16. The highest BCUT2D eigenvalue weighted by molar-refractivity contribution is 5.99. The van der Waals surface area contributed by atoms with Gasteiger partial charge >= 0.3 is 0 Å². The molecule has 1 fully saturated rings. The van der Waals surface area contributed by atoms with Gasteiger partial charge in [-0.1, -0.05) is 19.3 Å². The van der Waals surface area contributed by atoms with E-state index in [0.717, 1.165) is 32.1 Å². The molecule has 1 aromatic heterocycles. The third-order valence-electron chi connectivity index (χ3n) is 3.87. The summed E-state index contributed by atoms with van der Waals surface area (Å²) in [5, 5.41) is 9.86. The van der Waals surface area contributed by atoms with Crippen LogP contribution >= 0.6 is 0 Å². The number of pyridine rings is 1. The van der Waals surface area contributed by atoms with Gasteiger partial charge in [-0.05, 0) is 19.8 Å². The number of nitrogens with zero attached hydrogens (tertiary/aromatic N) is 1. The molecule has 1 aromatic rings. The van der Waals surface area contributed by atoms with Crippen LogP contribution in [0.1, 0.15) is 48.2 Å². The molecule has 0 bridgehead atoms. The number of aryl methyl sites for hydroxylation is 1. The molecule has 18 heavy (non-hydrogen) atoms. The molecule has 1 aliphatic rings. The van der Waals surface area contributed by atoms with Crippen LogP contribution < -0.4 is 5.56 Å². The Kier molecular flexibility index (Phi) is 3.55. The van der Waals surface area contributed by atoms with Crippen molar-refractivity contribution in [1.29, 1.82) is 0 Å². The minimum atomic E-state index is -0.386. The fraction of sp³-hybridized carbons (Fsp3) is 0.571. The quantitative estimate of drug-likeness (QED) is 0.817. The van der Waals surface area contributed by atoms with E-state index in [1.807, 2.05) is 0 Å². The summed E-state index contributed by atoms with van der Waals surface area (Å²) in [6.45, 7) is 1.73. The third-order valence-corrected chi connectivity index (χ3v) is 3.87. The van der Waals surface area contributed by atoms with Gasteiger partial charge in [0.05, 0.1) is 0 Å². The van der Waals surface area contributed by atoms with Crippen molar-refractivity contribution in [3.8, 4) is 5.75 Å². The summed E-state index contributed by atoms with van der Waals surface area (Å²) in [7, 11) is 1.62. The van der Waals surface area contributed by atoms with E-state index in [4.69, 9.17) is 0 Å². The lowest BCUT2D eigenvalue weighted by atomic mass is 9.84. The van der Waals surface area contributed by atoms with Crippen molar-refractivity contribution < 1.29 is 9.90 Å². The van der Waals surface area contributed by atoms with Gasteiger partial charge < -0.3 is 9.67 Å². The summed E-state index contributed by atoms with van der Waals surface area (Å²) in [6, 6.07) is 1.48. The Labute approximate surface area is 106 Å². The molecular formula is C14H19NO3. The Morgan fingerprint density at radius 1 is 1.33 bits per heavy atom. The standard InChI is InChI=1S/C14H19NO3/c1-9-8-11(16)12(14(18)15(9)2)13(17)10-6-4-3-5-7-10/h8,10,16H,3-7H2,1-2H3. The van der Waals surface area contributed by atoms with E-state index in [0.29, 0.717) is 5.69 Å².